The first kappa shape index (κ1) is 14.1. The van der Waals surface area contributed by atoms with Gasteiger partial charge in [-0.15, -0.1) is 0 Å². The molecule has 2 fully saturated rings. The van der Waals surface area contributed by atoms with Gasteiger partial charge in [-0.05, 0) is 44.0 Å². The van der Waals surface area contributed by atoms with Crippen molar-refractivity contribution in [1.29, 1.82) is 0 Å². The summed E-state index contributed by atoms with van der Waals surface area (Å²) in [6, 6.07) is 9.28. The van der Waals surface area contributed by atoms with Crippen LogP contribution in [0.3, 0.4) is 0 Å². The molecule has 0 spiro atoms. The van der Waals surface area contributed by atoms with E-state index in [4.69, 9.17) is 4.74 Å². The molecule has 2 heterocycles. The number of fused-ring (bicyclic) bond motifs is 2. The summed E-state index contributed by atoms with van der Waals surface area (Å²) in [6.45, 7) is 0. The third-order valence-electron chi connectivity index (χ3n) is 5.02. The van der Waals surface area contributed by atoms with Gasteiger partial charge in [0.25, 0.3) is 0 Å². The fraction of sp³-hybridized carbons (Fsp3) is 0.562. The smallest absolute Gasteiger partial charge is 0.310 e. The summed E-state index contributed by atoms with van der Waals surface area (Å²) in [7, 11) is 3.65. The fourth-order valence-corrected chi connectivity index (χ4v) is 4.42. The minimum atomic E-state index is -0.0628. The number of methoxy groups -OCH3 is 1. The van der Waals surface area contributed by atoms with Gasteiger partial charge in [-0.25, -0.2) is 0 Å². The van der Waals surface area contributed by atoms with Gasteiger partial charge in [-0.2, -0.15) is 0 Å². The Hall–Kier alpha value is -0.870. The highest BCUT2D eigenvalue weighted by Crippen LogP contribution is 2.46. The highest BCUT2D eigenvalue weighted by Gasteiger charge is 2.49. The predicted molar refractivity (Wildman–Crippen MR) is 81.6 cm³/mol. The topological polar surface area (TPSA) is 29.5 Å². The van der Waals surface area contributed by atoms with Crippen LogP contribution in [0.25, 0.3) is 0 Å². The lowest BCUT2D eigenvalue weighted by Gasteiger charge is -2.41. The number of hydrogen-bond acceptors (Lipinski definition) is 3. The summed E-state index contributed by atoms with van der Waals surface area (Å²) in [5.41, 5.74) is 1.25. The largest absolute Gasteiger partial charge is 0.469 e. The normalized spacial score (nSPS) is 33.1. The van der Waals surface area contributed by atoms with Crippen LogP contribution in [0.5, 0.6) is 0 Å². The van der Waals surface area contributed by atoms with Gasteiger partial charge in [0.1, 0.15) is 0 Å². The monoisotopic (exact) mass is 337 g/mol. The molecule has 2 bridgehead atoms. The number of benzene rings is 1. The molecule has 2 aliphatic heterocycles. The second kappa shape index (κ2) is 5.49. The minimum Gasteiger partial charge on any atom is -0.469 e. The summed E-state index contributed by atoms with van der Waals surface area (Å²) in [4.78, 5) is 14.7. The Morgan fingerprint density at radius 2 is 2.20 bits per heavy atom. The highest BCUT2D eigenvalue weighted by atomic mass is 79.9. The Balaban J connectivity index is 1.97. The number of piperidine rings is 1. The number of carbonyl (C=O) groups is 1. The Morgan fingerprint density at radius 1 is 1.40 bits per heavy atom. The quantitative estimate of drug-likeness (QED) is 0.776. The Labute approximate surface area is 128 Å². The van der Waals surface area contributed by atoms with Gasteiger partial charge >= 0.3 is 5.97 Å². The van der Waals surface area contributed by atoms with Gasteiger partial charge in [0.2, 0.25) is 0 Å². The zero-order chi connectivity index (χ0) is 14.3. The number of rotatable bonds is 2. The van der Waals surface area contributed by atoms with E-state index in [0.29, 0.717) is 12.1 Å². The summed E-state index contributed by atoms with van der Waals surface area (Å²) in [6.07, 6.45) is 3.34. The first-order valence-electron chi connectivity index (χ1n) is 7.17. The van der Waals surface area contributed by atoms with E-state index in [2.05, 4.69) is 40.0 Å². The van der Waals surface area contributed by atoms with E-state index in [0.717, 1.165) is 17.3 Å². The van der Waals surface area contributed by atoms with Crippen molar-refractivity contribution in [2.24, 2.45) is 5.92 Å². The maximum absolute atomic E-state index is 12.3. The summed E-state index contributed by atoms with van der Waals surface area (Å²) >= 11 is 3.53. The third-order valence-corrected chi connectivity index (χ3v) is 5.51. The van der Waals surface area contributed by atoms with Crippen LogP contribution in [-0.2, 0) is 9.53 Å². The van der Waals surface area contributed by atoms with Gasteiger partial charge in [-0.1, -0.05) is 28.1 Å². The molecule has 0 unspecified atom stereocenters. The molecule has 3 nitrogen and oxygen atoms in total. The van der Waals surface area contributed by atoms with Gasteiger partial charge in [0.15, 0.2) is 0 Å². The number of nitrogens with zero attached hydrogens (tertiary/aromatic N) is 1. The standard InChI is InChI=1S/C16H20BrNO2/c1-18-12-6-7-14(18)15(16(19)20-2)13(9-12)10-4-3-5-11(17)8-10/h3-5,8,12-15H,6-7,9H2,1-2H3/t12-,13+,14+,15+/m0/s1. The molecule has 0 aliphatic carbocycles. The molecular formula is C16H20BrNO2. The molecule has 2 aliphatic rings. The van der Waals surface area contributed by atoms with Crippen molar-refractivity contribution in [3.8, 4) is 0 Å². The fourth-order valence-electron chi connectivity index (χ4n) is 4.00. The first-order valence-corrected chi connectivity index (χ1v) is 7.96. The SMILES string of the molecule is COC(=O)[C@@H]1[C@@H](c2cccc(Br)c2)C[C@@H]2CC[C@H]1N2C. The predicted octanol–water partition coefficient (Wildman–Crippen LogP) is 3.19. The summed E-state index contributed by atoms with van der Waals surface area (Å²) in [5.74, 6) is 0.166. The third kappa shape index (κ3) is 2.29. The number of ether oxygens (including phenoxy) is 1. The van der Waals surface area contributed by atoms with Crippen LogP contribution in [0.1, 0.15) is 30.7 Å². The van der Waals surface area contributed by atoms with Crippen LogP contribution in [0.4, 0.5) is 0 Å². The van der Waals surface area contributed by atoms with E-state index < -0.39 is 0 Å². The van der Waals surface area contributed by atoms with Gasteiger partial charge in [0, 0.05) is 22.5 Å². The molecule has 4 heteroatoms. The molecule has 0 N–H and O–H groups in total. The molecule has 2 saturated heterocycles. The molecule has 1 aromatic rings. The van der Waals surface area contributed by atoms with Crippen molar-refractivity contribution in [2.45, 2.75) is 37.3 Å². The van der Waals surface area contributed by atoms with Crippen LogP contribution in [0.15, 0.2) is 28.7 Å². The van der Waals surface area contributed by atoms with Crippen LogP contribution in [-0.4, -0.2) is 37.1 Å². The van der Waals surface area contributed by atoms with E-state index in [1.165, 1.54) is 19.1 Å². The molecule has 3 rings (SSSR count). The van der Waals surface area contributed by atoms with E-state index >= 15 is 0 Å². The van der Waals surface area contributed by atoms with Gasteiger partial charge in [-0.3, -0.25) is 9.69 Å². The molecule has 0 aromatic heterocycles. The second-order valence-electron chi connectivity index (χ2n) is 5.91. The highest BCUT2D eigenvalue weighted by molar-refractivity contribution is 9.10. The van der Waals surface area contributed by atoms with E-state index in [1.54, 1.807) is 0 Å². The number of esters is 1. The first-order chi connectivity index (χ1) is 9.61. The number of halogens is 1. The van der Waals surface area contributed by atoms with Crippen LogP contribution in [0.2, 0.25) is 0 Å². The van der Waals surface area contributed by atoms with Crippen LogP contribution >= 0.6 is 15.9 Å². The molecule has 1 aromatic carbocycles. The average Bonchev–Trinajstić information content (AvgIpc) is 2.69. The molecule has 4 atom stereocenters. The Kier molecular flexibility index (Phi) is 3.87. The van der Waals surface area contributed by atoms with Crippen LogP contribution < -0.4 is 0 Å². The van der Waals surface area contributed by atoms with E-state index in [9.17, 15) is 4.79 Å². The molecule has 0 amide bonds. The van der Waals surface area contributed by atoms with Crippen molar-refractivity contribution < 1.29 is 9.53 Å². The molecule has 0 saturated carbocycles. The maximum Gasteiger partial charge on any atom is 0.310 e. The van der Waals surface area contributed by atoms with Crippen molar-refractivity contribution in [2.75, 3.05) is 14.2 Å². The van der Waals surface area contributed by atoms with Gasteiger partial charge < -0.3 is 4.74 Å². The lowest BCUT2D eigenvalue weighted by atomic mass is 9.76. The zero-order valence-corrected chi connectivity index (χ0v) is 13.5. The Bertz CT molecular complexity index is 519. The summed E-state index contributed by atoms with van der Waals surface area (Å²) < 4.78 is 6.17. The van der Waals surface area contributed by atoms with Crippen LogP contribution in [0, 0.1) is 5.92 Å². The van der Waals surface area contributed by atoms with Gasteiger partial charge in [0.05, 0.1) is 13.0 Å². The minimum absolute atomic E-state index is 0.0435. The molecule has 0 radical (unpaired) electrons. The molecule has 108 valence electrons. The number of hydrogen-bond donors (Lipinski definition) is 0. The number of carbonyl (C=O) groups excluding carboxylic acids is 1. The van der Waals surface area contributed by atoms with Crippen molar-refractivity contribution in [3.63, 3.8) is 0 Å². The van der Waals surface area contributed by atoms with E-state index in [1.807, 2.05) is 12.1 Å². The molecule has 20 heavy (non-hydrogen) atoms. The van der Waals surface area contributed by atoms with E-state index in [-0.39, 0.29) is 17.8 Å². The zero-order valence-electron chi connectivity index (χ0n) is 11.9. The van der Waals surface area contributed by atoms with Crippen molar-refractivity contribution in [1.82, 2.24) is 4.90 Å². The molecular weight excluding hydrogens is 318 g/mol. The lowest BCUT2D eigenvalue weighted by Crippen LogP contribution is -2.49. The second-order valence-corrected chi connectivity index (χ2v) is 6.83. The van der Waals surface area contributed by atoms with Crippen molar-refractivity contribution in [3.05, 3.63) is 34.3 Å². The Morgan fingerprint density at radius 3 is 2.90 bits per heavy atom. The summed E-state index contributed by atoms with van der Waals surface area (Å²) in [5, 5.41) is 0. The van der Waals surface area contributed by atoms with Crippen molar-refractivity contribution >= 4 is 21.9 Å². The lowest BCUT2D eigenvalue weighted by molar-refractivity contribution is -0.150. The average molecular weight is 338 g/mol. The maximum atomic E-state index is 12.3.